The van der Waals surface area contributed by atoms with E-state index in [0.29, 0.717) is 24.7 Å². The highest BCUT2D eigenvalue weighted by atomic mass is 127. The van der Waals surface area contributed by atoms with Gasteiger partial charge in [-0.2, -0.15) is 5.10 Å². The average Bonchev–Trinajstić information content (AvgIpc) is 2.80. The van der Waals surface area contributed by atoms with Gasteiger partial charge >= 0.3 is 0 Å². The number of carbonyl (C=O) groups is 1. The van der Waals surface area contributed by atoms with E-state index in [1.807, 2.05) is 73.7 Å². The Bertz CT molecular complexity index is 1050. The van der Waals surface area contributed by atoms with Gasteiger partial charge in [-0.05, 0) is 70.5 Å². The highest BCUT2D eigenvalue weighted by Gasteiger charge is 2.11. The first-order valence-corrected chi connectivity index (χ1v) is 11.2. The number of benzene rings is 3. The molecule has 0 saturated carbocycles. The van der Waals surface area contributed by atoms with E-state index in [1.165, 1.54) is 0 Å². The molecule has 1 amide bonds. The van der Waals surface area contributed by atoms with Crippen molar-refractivity contribution in [3.8, 4) is 17.2 Å². The first-order chi connectivity index (χ1) is 15.6. The largest absolute Gasteiger partial charge is 0.494 e. The number of hydrogen-bond donors (Lipinski definition) is 1. The lowest BCUT2D eigenvalue weighted by molar-refractivity contribution is -0.120. The van der Waals surface area contributed by atoms with E-state index < -0.39 is 0 Å². The van der Waals surface area contributed by atoms with Crippen molar-refractivity contribution >= 4 is 34.7 Å². The Morgan fingerprint density at radius 3 is 2.47 bits per heavy atom. The van der Waals surface area contributed by atoms with Crippen LogP contribution in [0.25, 0.3) is 0 Å². The van der Waals surface area contributed by atoms with Gasteiger partial charge in [-0.3, -0.25) is 4.79 Å². The summed E-state index contributed by atoms with van der Waals surface area (Å²) in [5.74, 6) is 1.87. The van der Waals surface area contributed by atoms with Gasteiger partial charge in [0.15, 0.2) is 11.5 Å². The maximum Gasteiger partial charge on any atom is 0.244 e. The molecule has 3 rings (SSSR count). The van der Waals surface area contributed by atoms with Crippen LogP contribution in [0.3, 0.4) is 0 Å². The zero-order valence-electron chi connectivity index (χ0n) is 18.0. The molecule has 0 aliphatic carbocycles. The van der Waals surface area contributed by atoms with Crippen LogP contribution in [-0.2, 0) is 17.8 Å². The molecule has 0 radical (unpaired) electrons. The van der Waals surface area contributed by atoms with Crippen molar-refractivity contribution in [3.63, 3.8) is 0 Å². The lowest BCUT2D eigenvalue weighted by atomic mass is 10.1. The molecule has 0 spiro atoms. The Balaban J connectivity index is 1.58. The molecule has 166 valence electrons. The lowest BCUT2D eigenvalue weighted by Gasteiger charge is -2.13. The molecule has 0 unspecified atom stereocenters. The highest BCUT2D eigenvalue weighted by molar-refractivity contribution is 14.1. The van der Waals surface area contributed by atoms with Gasteiger partial charge in [-0.15, -0.1) is 0 Å². The third-order valence-electron chi connectivity index (χ3n) is 4.48. The zero-order valence-corrected chi connectivity index (χ0v) is 20.2. The van der Waals surface area contributed by atoms with E-state index >= 15 is 0 Å². The summed E-state index contributed by atoms with van der Waals surface area (Å²) in [5.41, 5.74) is 5.32. The Hall–Kier alpha value is -3.07. The SMILES string of the molecule is CCOc1ccc(CC(=O)N/N=C/c2cc(I)c(OCc3ccccc3)c(OC)c2)cc1. The Morgan fingerprint density at radius 1 is 1.03 bits per heavy atom. The van der Waals surface area contributed by atoms with Crippen molar-refractivity contribution in [2.75, 3.05) is 13.7 Å². The number of hydrazone groups is 1. The fourth-order valence-electron chi connectivity index (χ4n) is 2.96. The van der Waals surface area contributed by atoms with E-state index in [2.05, 4.69) is 33.1 Å². The smallest absolute Gasteiger partial charge is 0.244 e. The number of hydrogen-bond acceptors (Lipinski definition) is 5. The topological polar surface area (TPSA) is 69.2 Å². The van der Waals surface area contributed by atoms with Crippen LogP contribution in [0.2, 0.25) is 0 Å². The van der Waals surface area contributed by atoms with Crippen LogP contribution < -0.4 is 19.6 Å². The third kappa shape index (κ3) is 6.98. The number of halogens is 1. The van der Waals surface area contributed by atoms with Gasteiger partial charge < -0.3 is 14.2 Å². The van der Waals surface area contributed by atoms with E-state index in [1.54, 1.807) is 13.3 Å². The number of ether oxygens (including phenoxy) is 3. The summed E-state index contributed by atoms with van der Waals surface area (Å²) in [6, 6.07) is 21.1. The van der Waals surface area contributed by atoms with Crippen molar-refractivity contribution in [2.45, 2.75) is 20.0 Å². The van der Waals surface area contributed by atoms with Gasteiger partial charge in [0.25, 0.3) is 0 Å². The summed E-state index contributed by atoms with van der Waals surface area (Å²) < 4.78 is 17.8. The van der Waals surface area contributed by atoms with Crippen LogP contribution in [0.15, 0.2) is 71.8 Å². The lowest BCUT2D eigenvalue weighted by Crippen LogP contribution is -2.19. The van der Waals surface area contributed by atoms with E-state index in [9.17, 15) is 4.79 Å². The summed E-state index contributed by atoms with van der Waals surface area (Å²) in [6.45, 7) is 2.99. The quantitative estimate of drug-likeness (QED) is 0.222. The highest BCUT2D eigenvalue weighted by Crippen LogP contribution is 2.34. The number of methoxy groups -OCH3 is 1. The summed E-state index contributed by atoms with van der Waals surface area (Å²) in [6.07, 6.45) is 1.82. The number of carbonyl (C=O) groups excluding carboxylic acids is 1. The van der Waals surface area contributed by atoms with Crippen molar-refractivity contribution < 1.29 is 19.0 Å². The van der Waals surface area contributed by atoms with Crippen LogP contribution in [0.5, 0.6) is 17.2 Å². The Morgan fingerprint density at radius 2 is 1.78 bits per heavy atom. The zero-order chi connectivity index (χ0) is 22.8. The molecule has 3 aromatic carbocycles. The summed E-state index contributed by atoms with van der Waals surface area (Å²) >= 11 is 2.20. The van der Waals surface area contributed by atoms with Crippen molar-refractivity contribution in [3.05, 3.63) is 87.0 Å². The molecule has 0 saturated heterocycles. The molecule has 32 heavy (non-hydrogen) atoms. The maximum absolute atomic E-state index is 12.2. The van der Waals surface area contributed by atoms with Crippen LogP contribution in [0, 0.1) is 3.57 Å². The van der Waals surface area contributed by atoms with Gasteiger partial charge in [0.1, 0.15) is 12.4 Å². The molecule has 0 fully saturated rings. The maximum atomic E-state index is 12.2. The molecule has 7 heteroatoms. The predicted octanol–water partition coefficient (Wildman–Crippen LogP) is 4.97. The van der Waals surface area contributed by atoms with Crippen LogP contribution in [0.1, 0.15) is 23.6 Å². The molecular formula is C25H25IN2O4. The van der Waals surface area contributed by atoms with E-state index in [-0.39, 0.29) is 12.3 Å². The minimum absolute atomic E-state index is 0.199. The molecular weight excluding hydrogens is 519 g/mol. The van der Waals surface area contributed by atoms with Gasteiger partial charge in [0.2, 0.25) is 5.91 Å². The van der Waals surface area contributed by atoms with E-state index in [4.69, 9.17) is 14.2 Å². The second-order valence-electron chi connectivity index (χ2n) is 6.86. The molecule has 0 aliphatic heterocycles. The minimum atomic E-state index is -0.199. The Labute approximate surface area is 201 Å². The number of amides is 1. The van der Waals surface area contributed by atoms with Crippen LogP contribution >= 0.6 is 22.6 Å². The number of nitrogens with zero attached hydrogens (tertiary/aromatic N) is 1. The monoisotopic (exact) mass is 544 g/mol. The van der Waals surface area contributed by atoms with Crippen molar-refractivity contribution in [1.29, 1.82) is 0 Å². The number of rotatable bonds is 10. The summed E-state index contributed by atoms with van der Waals surface area (Å²) in [4.78, 5) is 12.2. The standard InChI is InChI=1S/C25H25IN2O4/c1-3-31-21-11-9-18(10-12-21)15-24(29)28-27-16-20-13-22(26)25(23(14-20)30-2)32-17-19-7-5-4-6-8-19/h4-14,16H,3,15,17H2,1-2H3,(H,28,29)/b27-16+. The van der Waals surface area contributed by atoms with Gasteiger partial charge in [-0.25, -0.2) is 5.43 Å². The molecule has 0 atom stereocenters. The van der Waals surface area contributed by atoms with Crippen molar-refractivity contribution in [2.24, 2.45) is 5.10 Å². The van der Waals surface area contributed by atoms with Crippen LogP contribution in [-0.4, -0.2) is 25.8 Å². The minimum Gasteiger partial charge on any atom is -0.494 e. The third-order valence-corrected chi connectivity index (χ3v) is 5.28. The van der Waals surface area contributed by atoms with Crippen LogP contribution in [0.4, 0.5) is 0 Å². The summed E-state index contributed by atoms with van der Waals surface area (Å²) in [7, 11) is 1.60. The summed E-state index contributed by atoms with van der Waals surface area (Å²) in [5, 5.41) is 4.08. The second-order valence-corrected chi connectivity index (χ2v) is 8.02. The molecule has 0 aliphatic rings. The molecule has 1 N–H and O–H groups in total. The normalized spacial score (nSPS) is 10.7. The van der Waals surface area contributed by atoms with E-state index in [0.717, 1.165) is 26.0 Å². The Kier molecular flexibility index (Phi) is 8.91. The fraction of sp³-hybridized carbons (Fsp3) is 0.200. The predicted molar refractivity (Wildman–Crippen MR) is 134 cm³/mol. The van der Waals surface area contributed by atoms with Gasteiger partial charge in [0.05, 0.1) is 29.9 Å². The second kappa shape index (κ2) is 12.1. The first-order valence-electron chi connectivity index (χ1n) is 10.2. The molecule has 0 aromatic heterocycles. The molecule has 6 nitrogen and oxygen atoms in total. The van der Waals surface area contributed by atoms with Crippen molar-refractivity contribution in [1.82, 2.24) is 5.43 Å². The fourth-order valence-corrected chi connectivity index (χ4v) is 3.74. The first kappa shape index (κ1) is 23.6. The van der Waals surface area contributed by atoms with Gasteiger partial charge in [0, 0.05) is 0 Å². The molecule has 0 heterocycles. The number of nitrogens with one attached hydrogen (secondary N) is 1. The molecule has 0 bridgehead atoms. The average molecular weight is 544 g/mol. The molecule has 3 aromatic rings. The van der Waals surface area contributed by atoms with Gasteiger partial charge in [-0.1, -0.05) is 42.5 Å².